The van der Waals surface area contributed by atoms with E-state index >= 15 is 0 Å². The Morgan fingerprint density at radius 1 is 1.40 bits per heavy atom. The molecule has 0 bridgehead atoms. The number of halogens is 1. The predicted molar refractivity (Wildman–Crippen MR) is 81.7 cm³/mol. The maximum absolute atomic E-state index is 11.6. The number of nitrogens with one attached hydrogen (secondary N) is 3. The van der Waals surface area contributed by atoms with Crippen molar-refractivity contribution in [2.75, 3.05) is 11.9 Å². The highest BCUT2D eigenvalue weighted by Gasteiger charge is 2.15. The van der Waals surface area contributed by atoms with E-state index in [1.54, 1.807) is 0 Å². The fraction of sp³-hybridized carbons (Fsp3) is 0.286. The SMILES string of the molecule is O=c1nc(NCc2cccc(Br)c2)c2c([nH]1)CCNC2. The number of anilines is 1. The largest absolute Gasteiger partial charge is 0.366 e. The fourth-order valence-corrected chi connectivity index (χ4v) is 2.80. The lowest BCUT2D eigenvalue weighted by Crippen LogP contribution is -2.30. The third-order valence-electron chi connectivity index (χ3n) is 3.32. The van der Waals surface area contributed by atoms with Crippen molar-refractivity contribution in [1.82, 2.24) is 15.3 Å². The van der Waals surface area contributed by atoms with Gasteiger partial charge in [-0.3, -0.25) is 0 Å². The van der Waals surface area contributed by atoms with Crippen molar-refractivity contribution in [3.8, 4) is 0 Å². The number of fused-ring (bicyclic) bond motifs is 1. The van der Waals surface area contributed by atoms with E-state index in [4.69, 9.17) is 0 Å². The second-order valence-electron chi connectivity index (χ2n) is 4.76. The molecule has 1 aliphatic heterocycles. The molecule has 0 atom stereocenters. The van der Waals surface area contributed by atoms with Crippen molar-refractivity contribution >= 4 is 21.7 Å². The molecule has 0 saturated heterocycles. The van der Waals surface area contributed by atoms with Gasteiger partial charge in [0.2, 0.25) is 0 Å². The van der Waals surface area contributed by atoms with Crippen LogP contribution in [0, 0.1) is 0 Å². The molecule has 0 amide bonds. The van der Waals surface area contributed by atoms with Crippen molar-refractivity contribution in [1.29, 1.82) is 0 Å². The van der Waals surface area contributed by atoms with Gasteiger partial charge in [0, 0.05) is 41.8 Å². The Kier molecular flexibility index (Phi) is 3.84. The molecule has 2 aromatic rings. The zero-order chi connectivity index (χ0) is 13.9. The zero-order valence-electron chi connectivity index (χ0n) is 10.9. The number of H-pyrrole nitrogens is 1. The second kappa shape index (κ2) is 5.76. The van der Waals surface area contributed by atoms with Crippen LogP contribution in [0.25, 0.3) is 0 Å². The first kappa shape index (κ1) is 13.3. The average molecular weight is 335 g/mol. The quantitative estimate of drug-likeness (QED) is 0.800. The molecule has 2 heterocycles. The Labute approximate surface area is 125 Å². The molecule has 0 unspecified atom stereocenters. The number of hydrogen-bond donors (Lipinski definition) is 3. The number of rotatable bonds is 3. The highest BCUT2D eigenvalue weighted by atomic mass is 79.9. The summed E-state index contributed by atoms with van der Waals surface area (Å²) >= 11 is 3.45. The van der Waals surface area contributed by atoms with Gasteiger partial charge in [0.1, 0.15) is 5.82 Å². The van der Waals surface area contributed by atoms with E-state index in [2.05, 4.69) is 36.5 Å². The molecule has 0 radical (unpaired) electrons. The molecule has 0 aliphatic carbocycles. The summed E-state index contributed by atoms with van der Waals surface area (Å²) in [6.45, 7) is 2.26. The van der Waals surface area contributed by atoms with Crippen molar-refractivity contribution < 1.29 is 0 Å². The van der Waals surface area contributed by atoms with E-state index in [9.17, 15) is 4.79 Å². The topological polar surface area (TPSA) is 69.8 Å². The summed E-state index contributed by atoms with van der Waals surface area (Å²) in [6, 6.07) is 8.06. The molecule has 104 valence electrons. The van der Waals surface area contributed by atoms with Gasteiger partial charge in [0.05, 0.1) is 0 Å². The predicted octanol–water partition coefficient (Wildman–Crippen LogP) is 1.79. The van der Waals surface area contributed by atoms with Crippen LogP contribution in [-0.2, 0) is 19.5 Å². The monoisotopic (exact) mass is 334 g/mol. The highest BCUT2D eigenvalue weighted by molar-refractivity contribution is 9.10. The van der Waals surface area contributed by atoms with Gasteiger partial charge in [0.15, 0.2) is 0 Å². The van der Waals surface area contributed by atoms with Gasteiger partial charge in [-0.1, -0.05) is 28.1 Å². The first-order valence-electron chi connectivity index (χ1n) is 6.53. The summed E-state index contributed by atoms with van der Waals surface area (Å²) in [5, 5.41) is 6.56. The summed E-state index contributed by atoms with van der Waals surface area (Å²) in [5.41, 5.74) is 2.90. The number of nitrogens with zero attached hydrogens (tertiary/aromatic N) is 1. The lowest BCUT2D eigenvalue weighted by atomic mass is 10.1. The van der Waals surface area contributed by atoms with E-state index in [1.165, 1.54) is 0 Å². The summed E-state index contributed by atoms with van der Waals surface area (Å²) in [5.74, 6) is 0.677. The van der Waals surface area contributed by atoms with Gasteiger partial charge in [-0.25, -0.2) is 4.79 Å². The maximum atomic E-state index is 11.6. The summed E-state index contributed by atoms with van der Waals surface area (Å²) in [4.78, 5) is 18.5. The van der Waals surface area contributed by atoms with E-state index in [0.717, 1.165) is 40.8 Å². The van der Waals surface area contributed by atoms with Crippen LogP contribution in [0.3, 0.4) is 0 Å². The summed E-state index contributed by atoms with van der Waals surface area (Å²) in [6.07, 6.45) is 0.832. The number of hydrogen-bond acceptors (Lipinski definition) is 4. The molecular weight excluding hydrogens is 320 g/mol. The molecule has 1 aliphatic rings. The second-order valence-corrected chi connectivity index (χ2v) is 5.67. The van der Waals surface area contributed by atoms with E-state index in [-0.39, 0.29) is 5.69 Å². The molecule has 6 heteroatoms. The van der Waals surface area contributed by atoms with Crippen molar-refractivity contribution in [2.45, 2.75) is 19.5 Å². The van der Waals surface area contributed by atoms with Gasteiger partial charge in [0.25, 0.3) is 0 Å². The maximum Gasteiger partial charge on any atom is 0.347 e. The Morgan fingerprint density at radius 3 is 3.15 bits per heavy atom. The smallest absolute Gasteiger partial charge is 0.347 e. The Bertz CT molecular complexity index is 683. The number of aromatic nitrogens is 2. The van der Waals surface area contributed by atoms with Crippen LogP contribution in [0.15, 0.2) is 33.5 Å². The van der Waals surface area contributed by atoms with Crippen molar-refractivity contribution in [3.63, 3.8) is 0 Å². The molecule has 20 heavy (non-hydrogen) atoms. The van der Waals surface area contributed by atoms with E-state index in [1.807, 2.05) is 24.3 Å². The molecule has 5 nitrogen and oxygen atoms in total. The standard InChI is InChI=1S/C14H15BrN4O/c15-10-3-1-2-9(6-10)7-17-13-11-8-16-5-4-12(11)18-14(20)19-13/h1-3,6,16H,4-5,7-8H2,(H2,17,18,19,20). The van der Waals surface area contributed by atoms with E-state index in [0.29, 0.717) is 12.4 Å². The molecule has 1 aromatic carbocycles. The minimum atomic E-state index is -0.289. The third-order valence-corrected chi connectivity index (χ3v) is 3.82. The molecular formula is C14H15BrN4O. The number of aromatic amines is 1. The Balaban J connectivity index is 1.84. The van der Waals surface area contributed by atoms with Crippen LogP contribution in [0.1, 0.15) is 16.8 Å². The highest BCUT2D eigenvalue weighted by Crippen LogP contribution is 2.18. The molecule has 0 saturated carbocycles. The zero-order valence-corrected chi connectivity index (χ0v) is 12.5. The van der Waals surface area contributed by atoms with Gasteiger partial charge in [-0.15, -0.1) is 0 Å². The van der Waals surface area contributed by atoms with Crippen LogP contribution >= 0.6 is 15.9 Å². The normalized spacial score (nSPS) is 13.8. The average Bonchev–Trinajstić information content (AvgIpc) is 2.44. The van der Waals surface area contributed by atoms with Crippen molar-refractivity contribution in [2.24, 2.45) is 0 Å². The Morgan fingerprint density at radius 2 is 2.30 bits per heavy atom. The molecule has 3 rings (SSSR count). The fourth-order valence-electron chi connectivity index (χ4n) is 2.35. The van der Waals surface area contributed by atoms with Gasteiger partial charge in [-0.2, -0.15) is 4.98 Å². The van der Waals surface area contributed by atoms with Crippen LogP contribution in [0.2, 0.25) is 0 Å². The summed E-state index contributed by atoms with van der Waals surface area (Å²) in [7, 11) is 0. The van der Waals surface area contributed by atoms with Gasteiger partial charge >= 0.3 is 5.69 Å². The van der Waals surface area contributed by atoms with Gasteiger partial charge in [-0.05, 0) is 17.7 Å². The molecule has 0 spiro atoms. The van der Waals surface area contributed by atoms with Gasteiger partial charge < -0.3 is 15.6 Å². The van der Waals surface area contributed by atoms with Crippen LogP contribution < -0.4 is 16.3 Å². The minimum absolute atomic E-state index is 0.289. The molecule has 1 aromatic heterocycles. The third kappa shape index (κ3) is 2.91. The van der Waals surface area contributed by atoms with Crippen LogP contribution in [-0.4, -0.2) is 16.5 Å². The molecule has 0 fully saturated rings. The molecule has 3 N–H and O–H groups in total. The lowest BCUT2D eigenvalue weighted by Gasteiger charge is -2.19. The van der Waals surface area contributed by atoms with Crippen LogP contribution in [0.4, 0.5) is 5.82 Å². The van der Waals surface area contributed by atoms with Crippen LogP contribution in [0.5, 0.6) is 0 Å². The van der Waals surface area contributed by atoms with E-state index < -0.39 is 0 Å². The number of benzene rings is 1. The first-order chi connectivity index (χ1) is 9.72. The summed E-state index contributed by atoms with van der Waals surface area (Å²) < 4.78 is 1.04. The first-order valence-corrected chi connectivity index (χ1v) is 7.33. The lowest BCUT2D eigenvalue weighted by molar-refractivity contribution is 0.623. The van der Waals surface area contributed by atoms with Crippen molar-refractivity contribution in [3.05, 3.63) is 56.0 Å². The minimum Gasteiger partial charge on any atom is -0.366 e. The Hall–Kier alpha value is -1.66.